The van der Waals surface area contributed by atoms with Crippen LogP contribution in [0.2, 0.25) is 0 Å². The maximum absolute atomic E-state index is 7.33. The fraction of sp³-hybridized carbons (Fsp3) is 1.00. The van der Waals surface area contributed by atoms with Crippen LogP contribution < -0.4 is 0 Å². The first-order valence-electron chi connectivity index (χ1n) is 0.894. The molecule has 0 fully saturated rings. The summed E-state index contributed by atoms with van der Waals surface area (Å²) in [6.45, 7) is 0. The summed E-state index contributed by atoms with van der Waals surface area (Å²) in [5.74, 6) is 0. The van der Waals surface area contributed by atoms with Crippen LogP contribution in [0, 0.1) is 0 Å². The normalized spacial score (nSPS) is 8.57. The Hall–Kier alpha value is 1.69. The molecule has 0 aromatic heterocycles. The standard InChI is InChI=1S/CH4.K.H4O4Si.H/c;;1-5(2,3)4;/h1H4;;1-4H;. The van der Waals surface area contributed by atoms with Gasteiger partial charge in [-0.15, -0.1) is 0 Å². The number of rotatable bonds is 0. The van der Waals surface area contributed by atoms with Gasteiger partial charge in [0.25, 0.3) is 0 Å². The average molecular weight is 152 g/mol. The van der Waals surface area contributed by atoms with Gasteiger partial charge >= 0.3 is 60.4 Å². The zero-order chi connectivity index (χ0) is 4.50. The monoisotopic (exact) mass is 152 g/mol. The van der Waals surface area contributed by atoms with E-state index in [0.717, 1.165) is 0 Å². The molecule has 0 aromatic rings. The first kappa shape index (κ1) is 15.9. The molecule has 4 nitrogen and oxygen atoms in total. The van der Waals surface area contributed by atoms with Crippen LogP contribution in [0.25, 0.3) is 0 Å². The Kier molecular flexibility index (Phi) is 13.2. The van der Waals surface area contributed by atoms with E-state index in [1.807, 2.05) is 0 Å². The van der Waals surface area contributed by atoms with Crippen molar-refractivity contribution in [2.24, 2.45) is 0 Å². The van der Waals surface area contributed by atoms with Crippen LogP contribution in [-0.4, -0.2) is 79.6 Å². The first-order chi connectivity index (χ1) is 2.00. The molecule has 0 heterocycles. The molecule has 42 valence electrons. The van der Waals surface area contributed by atoms with E-state index in [2.05, 4.69) is 0 Å². The third kappa shape index (κ3) is 87.0. The van der Waals surface area contributed by atoms with E-state index < -0.39 is 9.05 Å². The van der Waals surface area contributed by atoms with E-state index in [1.54, 1.807) is 0 Å². The van der Waals surface area contributed by atoms with Crippen LogP contribution in [0.1, 0.15) is 7.43 Å². The molecule has 0 bridgehead atoms. The Morgan fingerprint density at radius 1 is 0.857 bits per heavy atom. The molecule has 0 aliphatic carbocycles. The van der Waals surface area contributed by atoms with Gasteiger partial charge in [0.15, 0.2) is 0 Å². The number of hydrogen-bond acceptors (Lipinski definition) is 4. The zero-order valence-corrected chi connectivity index (χ0v) is 3.29. The Bertz CT molecular complexity index is 27.2. The summed E-state index contributed by atoms with van der Waals surface area (Å²) in [5, 5.41) is 0. The fourth-order valence-electron chi connectivity index (χ4n) is 0. The Morgan fingerprint density at radius 2 is 0.857 bits per heavy atom. The van der Waals surface area contributed by atoms with Crippen LogP contribution in [0.3, 0.4) is 0 Å². The molecular weight excluding hydrogens is 143 g/mol. The summed E-state index contributed by atoms with van der Waals surface area (Å²) in [6.07, 6.45) is 0. The van der Waals surface area contributed by atoms with Gasteiger partial charge in [0, 0.05) is 0 Å². The third-order valence-electron chi connectivity index (χ3n) is 0. The molecule has 6 heteroatoms. The van der Waals surface area contributed by atoms with Gasteiger partial charge in [0.05, 0.1) is 0 Å². The molecule has 0 aliphatic heterocycles. The molecule has 0 saturated heterocycles. The van der Waals surface area contributed by atoms with Crippen molar-refractivity contribution in [1.82, 2.24) is 0 Å². The van der Waals surface area contributed by atoms with Gasteiger partial charge in [-0.3, -0.25) is 0 Å². The van der Waals surface area contributed by atoms with Gasteiger partial charge in [-0.25, -0.2) is 0 Å². The van der Waals surface area contributed by atoms with E-state index in [4.69, 9.17) is 19.2 Å². The molecular formula is CH9KO4Si. The van der Waals surface area contributed by atoms with Crippen molar-refractivity contribution in [3.8, 4) is 0 Å². The van der Waals surface area contributed by atoms with Crippen molar-refractivity contribution in [2.45, 2.75) is 7.43 Å². The van der Waals surface area contributed by atoms with Gasteiger partial charge in [-0.1, -0.05) is 7.43 Å². The van der Waals surface area contributed by atoms with Gasteiger partial charge in [0.2, 0.25) is 0 Å². The van der Waals surface area contributed by atoms with Crippen LogP contribution in [0.15, 0.2) is 0 Å². The fourth-order valence-corrected chi connectivity index (χ4v) is 0. The molecule has 4 N–H and O–H groups in total. The molecule has 7 heavy (non-hydrogen) atoms. The van der Waals surface area contributed by atoms with Crippen molar-refractivity contribution >= 4 is 60.4 Å². The van der Waals surface area contributed by atoms with Crippen molar-refractivity contribution < 1.29 is 19.2 Å². The predicted octanol–water partition coefficient (Wildman–Crippen LogP) is -2.62. The van der Waals surface area contributed by atoms with Crippen LogP contribution in [0.4, 0.5) is 0 Å². The van der Waals surface area contributed by atoms with Crippen molar-refractivity contribution in [3.05, 3.63) is 0 Å². The van der Waals surface area contributed by atoms with Crippen molar-refractivity contribution in [1.29, 1.82) is 0 Å². The van der Waals surface area contributed by atoms with E-state index in [-0.39, 0.29) is 58.8 Å². The topological polar surface area (TPSA) is 80.9 Å². The molecule has 0 unspecified atom stereocenters. The van der Waals surface area contributed by atoms with Crippen molar-refractivity contribution in [3.63, 3.8) is 0 Å². The molecule has 0 rings (SSSR count). The summed E-state index contributed by atoms with van der Waals surface area (Å²) in [7, 11) is -4.61. The van der Waals surface area contributed by atoms with E-state index in [0.29, 0.717) is 0 Å². The average Bonchev–Trinajstić information content (AvgIpc) is 0.722. The molecule has 0 spiro atoms. The maximum atomic E-state index is 7.33. The van der Waals surface area contributed by atoms with Gasteiger partial charge in [0.1, 0.15) is 0 Å². The molecule has 0 atom stereocenters. The Labute approximate surface area is 85.7 Å². The SMILES string of the molecule is C.O[Si](O)(O)O.[KH]. The third-order valence-corrected chi connectivity index (χ3v) is 0. The number of hydrogen-bond donors (Lipinski definition) is 4. The van der Waals surface area contributed by atoms with Crippen LogP contribution >= 0.6 is 0 Å². The second-order valence-electron chi connectivity index (χ2n) is 0.600. The second kappa shape index (κ2) is 5.82. The predicted molar refractivity (Wildman–Crippen MR) is 28.5 cm³/mol. The summed E-state index contributed by atoms with van der Waals surface area (Å²) >= 11 is 0. The Morgan fingerprint density at radius 3 is 0.857 bits per heavy atom. The molecule has 0 radical (unpaired) electrons. The molecule has 0 amide bonds. The summed E-state index contributed by atoms with van der Waals surface area (Å²) in [5.41, 5.74) is 0. The molecule has 0 aromatic carbocycles. The second-order valence-corrected chi connectivity index (χ2v) is 1.80. The van der Waals surface area contributed by atoms with Gasteiger partial charge in [-0.05, 0) is 0 Å². The minimum absolute atomic E-state index is 0. The quantitative estimate of drug-likeness (QED) is 0.286. The Balaban J connectivity index is -0.0000000800. The van der Waals surface area contributed by atoms with Gasteiger partial charge < -0.3 is 19.2 Å². The van der Waals surface area contributed by atoms with E-state index in [1.165, 1.54) is 0 Å². The summed E-state index contributed by atoms with van der Waals surface area (Å²) in [6, 6.07) is 0. The first-order valence-corrected chi connectivity index (χ1v) is 2.68. The van der Waals surface area contributed by atoms with E-state index >= 15 is 0 Å². The van der Waals surface area contributed by atoms with Gasteiger partial charge in [-0.2, -0.15) is 0 Å². The molecule has 0 aliphatic rings. The summed E-state index contributed by atoms with van der Waals surface area (Å²) < 4.78 is 0. The van der Waals surface area contributed by atoms with E-state index in [9.17, 15) is 0 Å². The summed E-state index contributed by atoms with van der Waals surface area (Å²) in [4.78, 5) is 29.3. The van der Waals surface area contributed by atoms with Crippen LogP contribution in [-0.2, 0) is 0 Å². The van der Waals surface area contributed by atoms with Crippen molar-refractivity contribution in [2.75, 3.05) is 0 Å². The molecule has 0 saturated carbocycles. The van der Waals surface area contributed by atoms with Crippen LogP contribution in [0.5, 0.6) is 0 Å². The minimum atomic E-state index is -4.61. The zero-order valence-electron chi connectivity index (χ0n) is 2.29.